The van der Waals surface area contributed by atoms with Gasteiger partial charge in [0.25, 0.3) is 10.0 Å². The molecule has 164 valence electrons. The maximum absolute atomic E-state index is 13.4. The Morgan fingerprint density at radius 3 is 1.97 bits per heavy atom. The predicted molar refractivity (Wildman–Crippen MR) is 126 cm³/mol. The number of nitrogens with zero attached hydrogens (tertiary/aromatic N) is 1. The Bertz CT molecular complexity index is 929. The van der Waals surface area contributed by atoms with Crippen LogP contribution in [0.3, 0.4) is 0 Å². The van der Waals surface area contributed by atoms with Gasteiger partial charge in [0.15, 0.2) is 0 Å². The summed E-state index contributed by atoms with van der Waals surface area (Å²) >= 11 is 1.54. The van der Waals surface area contributed by atoms with E-state index in [0.717, 1.165) is 10.5 Å². The molecule has 0 heterocycles. The zero-order valence-corrected chi connectivity index (χ0v) is 20.2. The lowest BCUT2D eigenvalue weighted by Gasteiger charge is -2.29. The van der Waals surface area contributed by atoms with Gasteiger partial charge in [0, 0.05) is 10.9 Å². The summed E-state index contributed by atoms with van der Waals surface area (Å²) in [6, 6.07) is 13.9. The van der Waals surface area contributed by atoms with E-state index in [1.807, 2.05) is 53.0 Å². The van der Waals surface area contributed by atoms with Gasteiger partial charge in [-0.3, -0.25) is 9.10 Å². The first-order valence-corrected chi connectivity index (χ1v) is 12.8. The van der Waals surface area contributed by atoms with Crippen molar-refractivity contribution in [3.8, 4) is 0 Å². The van der Waals surface area contributed by atoms with Crippen molar-refractivity contribution in [1.29, 1.82) is 0 Å². The van der Waals surface area contributed by atoms with Crippen LogP contribution in [0.25, 0.3) is 0 Å². The first-order chi connectivity index (χ1) is 14.1. The molecule has 0 aromatic heterocycles. The lowest BCUT2D eigenvalue weighted by molar-refractivity contribution is -0.121. The Morgan fingerprint density at radius 1 is 0.967 bits per heavy atom. The van der Waals surface area contributed by atoms with Crippen LogP contribution in [-0.2, 0) is 14.8 Å². The number of carbonyl (C=O) groups excluding carboxylic acids is 1. The van der Waals surface area contributed by atoms with Gasteiger partial charge in [0.1, 0.15) is 6.54 Å². The van der Waals surface area contributed by atoms with Crippen molar-refractivity contribution in [3.05, 3.63) is 54.1 Å². The molecule has 0 fully saturated rings. The van der Waals surface area contributed by atoms with Gasteiger partial charge in [-0.1, -0.05) is 45.4 Å². The average molecular weight is 449 g/mol. The van der Waals surface area contributed by atoms with Gasteiger partial charge < -0.3 is 5.32 Å². The lowest BCUT2D eigenvalue weighted by Crippen LogP contribution is -2.47. The minimum atomic E-state index is -3.90. The molecule has 0 bridgehead atoms. The normalized spacial score (nSPS) is 11.9. The molecule has 0 saturated heterocycles. The van der Waals surface area contributed by atoms with Gasteiger partial charge in [0.05, 0.1) is 10.6 Å². The first-order valence-electron chi connectivity index (χ1n) is 10.1. The number of hydrogen-bond acceptors (Lipinski definition) is 4. The highest BCUT2D eigenvalue weighted by atomic mass is 32.2. The minimum Gasteiger partial charge on any atom is -0.351 e. The summed E-state index contributed by atoms with van der Waals surface area (Å²) in [5, 5.41) is 3.02. The molecular formula is C23H32N2O3S2. The third-order valence-electron chi connectivity index (χ3n) is 5.02. The molecule has 1 N–H and O–H groups in total. The fourth-order valence-electron chi connectivity index (χ4n) is 3.37. The van der Waals surface area contributed by atoms with Crippen LogP contribution in [0.2, 0.25) is 0 Å². The van der Waals surface area contributed by atoms with E-state index in [0.29, 0.717) is 5.69 Å². The Hall–Kier alpha value is -1.99. The minimum absolute atomic E-state index is 0.0269. The smallest absolute Gasteiger partial charge is 0.264 e. The van der Waals surface area contributed by atoms with Crippen molar-refractivity contribution in [3.63, 3.8) is 0 Å². The zero-order chi connectivity index (χ0) is 22.5. The van der Waals surface area contributed by atoms with Crippen molar-refractivity contribution in [2.45, 2.75) is 50.5 Å². The maximum atomic E-state index is 13.4. The fourth-order valence-corrected chi connectivity index (χ4v) is 5.20. The number of hydrogen-bond donors (Lipinski definition) is 1. The number of rotatable bonds is 9. The van der Waals surface area contributed by atoms with Crippen LogP contribution in [0.1, 0.15) is 33.3 Å². The van der Waals surface area contributed by atoms with Crippen LogP contribution in [0.5, 0.6) is 0 Å². The number of nitrogens with one attached hydrogen (secondary N) is 1. The topological polar surface area (TPSA) is 66.5 Å². The molecule has 0 aliphatic rings. The number of aryl methyl sites for hydroxylation is 1. The maximum Gasteiger partial charge on any atom is 0.264 e. The monoisotopic (exact) mass is 448 g/mol. The highest BCUT2D eigenvalue weighted by Crippen LogP contribution is 2.26. The van der Waals surface area contributed by atoms with Crippen molar-refractivity contribution < 1.29 is 13.2 Å². The number of sulfonamides is 1. The second-order valence-corrected chi connectivity index (χ2v) is 10.8. The molecule has 0 aliphatic heterocycles. The average Bonchev–Trinajstić information content (AvgIpc) is 2.70. The Labute approximate surface area is 185 Å². The van der Waals surface area contributed by atoms with Crippen molar-refractivity contribution in [2.24, 2.45) is 11.8 Å². The molecule has 0 spiro atoms. The van der Waals surface area contributed by atoms with Gasteiger partial charge in [-0.15, -0.1) is 11.8 Å². The van der Waals surface area contributed by atoms with Crippen LogP contribution in [-0.4, -0.2) is 33.2 Å². The van der Waals surface area contributed by atoms with Crippen LogP contribution in [0.4, 0.5) is 5.69 Å². The molecule has 2 aromatic rings. The molecule has 5 nitrogen and oxygen atoms in total. The van der Waals surface area contributed by atoms with Gasteiger partial charge in [0.2, 0.25) is 5.91 Å². The number of amides is 1. The van der Waals surface area contributed by atoms with Crippen LogP contribution in [0.15, 0.2) is 58.3 Å². The quantitative estimate of drug-likeness (QED) is 0.564. The summed E-state index contributed by atoms with van der Waals surface area (Å²) in [5.41, 5.74) is 1.49. The Morgan fingerprint density at radius 2 is 1.50 bits per heavy atom. The van der Waals surface area contributed by atoms with Crippen molar-refractivity contribution in [1.82, 2.24) is 5.32 Å². The van der Waals surface area contributed by atoms with E-state index in [-0.39, 0.29) is 35.2 Å². The van der Waals surface area contributed by atoms with Crippen LogP contribution < -0.4 is 9.62 Å². The van der Waals surface area contributed by atoms with Crippen LogP contribution >= 0.6 is 11.8 Å². The third kappa shape index (κ3) is 6.01. The molecule has 2 aromatic carbocycles. The molecule has 7 heteroatoms. The van der Waals surface area contributed by atoms with E-state index >= 15 is 0 Å². The SMILES string of the molecule is CSc1ccc(S(=O)(=O)N(CC(=O)NC(C(C)C)C(C)C)c2ccc(C)cc2)cc1. The highest BCUT2D eigenvalue weighted by molar-refractivity contribution is 7.98. The largest absolute Gasteiger partial charge is 0.351 e. The van der Waals surface area contributed by atoms with Gasteiger partial charge in [-0.25, -0.2) is 8.42 Å². The predicted octanol–water partition coefficient (Wildman–Crippen LogP) is 4.71. The third-order valence-corrected chi connectivity index (χ3v) is 7.55. The van der Waals surface area contributed by atoms with E-state index in [1.54, 1.807) is 48.2 Å². The summed E-state index contributed by atoms with van der Waals surface area (Å²) in [6.07, 6.45) is 1.94. The fraction of sp³-hybridized carbons (Fsp3) is 0.435. The summed E-state index contributed by atoms with van der Waals surface area (Å²) in [7, 11) is -3.90. The number of carbonyl (C=O) groups is 1. The zero-order valence-electron chi connectivity index (χ0n) is 18.5. The van der Waals surface area contributed by atoms with E-state index in [2.05, 4.69) is 5.32 Å². The molecule has 0 unspecified atom stereocenters. The molecule has 1 amide bonds. The number of anilines is 1. The van der Waals surface area contributed by atoms with Gasteiger partial charge >= 0.3 is 0 Å². The summed E-state index contributed by atoms with van der Waals surface area (Å²) in [5.74, 6) is 0.183. The number of benzene rings is 2. The molecule has 30 heavy (non-hydrogen) atoms. The van der Waals surface area contributed by atoms with Gasteiger partial charge in [-0.2, -0.15) is 0 Å². The Kier molecular flexibility index (Phi) is 8.38. The van der Waals surface area contributed by atoms with E-state index in [1.165, 1.54) is 4.31 Å². The van der Waals surface area contributed by atoms with E-state index in [9.17, 15) is 13.2 Å². The molecule has 0 radical (unpaired) electrons. The first kappa shape index (κ1) is 24.3. The van der Waals surface area contributed by atoms with Crippen molar-refractivity contribution in [2.75, 3.05) is 17.1 Å². The highest BCUT2D eigenvalue weighted by Gasteiger charge is 2.29. The second-order valence-electron chi connectivity index (χ2n) is 8.10. The second kappa shape index (κ2) is 10.4. The molecule has 0 saturated carbocycles. The Balaban J connectivity index is 2.39. The van der Waals surface area contributed by atoms with E-state index in [4.69, 9.17) is 0 Å². The molecule has 0 atom stereocenters. The van der Waals surface area contributed by atoms with E-state index < -0.39 is 10.0 Å². The standard InChI is InChI=1S/C23H32N2O3S2/c1-16(2)23(17(3)4)24-22(26)15-25(19-9-7-18(5)8-10-19)30(27,28)21-13-11-20(29-6)12-14-21/h7-14,16-17,23H,15H2,1-6H3,(H,24,26). The van der Waals surface area contributed by atoms with Crippen LogP contribution in [0, 0.1) is 18.8 Å². The molecular weight excluding hydrogens is 416 g/mol. The van der Waals surface area contributed by atoms with Gasteiger partial charge in [-0.05, 0) is 61.4 Å². The summed E-state index contributed by atoms with van der Waals surface area (Å²) in [6.45, 7) is 9.86. The lowest BCUT2D eigenvalue weighted by atomic mass is 9.93. The van der Waals surface area contributed by atoms with Crippen molar-refractivity contribution >= 4 is 33.4 Å². The molecule has 2 rings (SSSR count). The summed E-state index contributed by atoms with van der Waals surface area (Å²) < 4.78 is 28.1. The summed E-state index contributed by atoms with van der Waals surface area (Å²) in [4.78, 5) is 14.0. The number of thioether (sulfide) groups is 1. The molecule has 0 aliphatic carbocycles.